The number of hydrogen-bond donors (Lipinski definition) is 3. The molecular formula is C20H30N4O3. The molecule has 0 spiro atoms. The van der Waals surface area contributed by atoms with Gasteiger partial charge in [-0.3, -0.25) is 9.79 Å². The maximum absolute atomic E-state index is 12.0. The van der Waals surface area contributed by atoms with Gasteiger partial charge >= 0.3 is 0 Å². The molecule has 1 rings (SSSR count). The highest BCUT2D eigenvalue weighted by Gasteiger charge is 2.04. The molecule has 0 aliphatic carbocycles. The molecule has 0 radical (unpaired) electrons. The van der Waals surface area contributed by atoms with Gasteiger partial charge in [-0.1, -0.05) is 25.3 Å². The van der Waals surface area contributed by atoms with Crippen LogP contribution in [0.15, 0.2) is 29.3 Å². The topological polar surface area (TPSA) is 84.0 Å². The van der Waals surface area contributed by atoms with E-state index >= 15 is 0 Å². The number of aliphatic imine (C=N–C) groups is 1. The molecule has 0 aromatic heterocycles. The third kappa shape index (κ3) is 10.9. The Morgan fingerprint density at radius 1 is 1.19 bits per heavy atom. The Hall–Kier alpha value is -2.56. The highest BCUT2D eigenvalue weighted by molar-refractivity contribution is 5.95. The molecular weight excluding hydrogens is 344 g/mol. The van der Waals surface area contributed by atoms with E-state index in [0.29, 0.717) is 43.6 Å². The number of terminal acetylenes is 1. The SMILES string of the molecule is C#Cc1cccc(NC(=O)CNC(=NC)NCCOCCOCCCC)c1. The Balaban J connectivity index is 2.15. The first-order valence-electron chi connectivity index (χ1n) is 9.16. The van der Waals surface area contributed by atoms with Crippen molar-refractivity contribution in [3.8, 4) is 12.3 Å². The summed E-state index contributed by atoms with van der Waals surface area (Å²) in [5, 5.41) is 8.82. The molecule has 0 bridgehead atoms. The summed E-state index contributed by atoms with van der Waals surface area (Å²) in [6.07, 6.45) is 7.56. The first kappa shape index (κ1) is 22.5. The van der Waals surface area contributed by atoms with Gasteiger partial charge < -0.3 is 25.4 Å². The number of nitrogens with one attached hydrogen (secondary N) is 3. The van der Waals surface area contributed by atoms with Crippen molar-refractivity contribution in [2.75, 3.05) is 51.9 Å². The number of amides is 1. The van der Waals surface area contributed by atoms with E-state index in [1.807, 2.05) is 0 Å². The predicted octanol–water partition coefficient (Wildman–Crippen LogP) is 1.60. The summed E-state index contributed by atoms with van der Waals surface area (Å²) in [6.45, 7) is 5.29. The number of anilines is 1. The summed E-state index contributed by atoms with van der Waals surface area (Å²) in [6, 6.07) is 7.13. The monoisotopic (exact) mass is 374 g/mol. The number of benzene rings is 1. The Morgan fingerprint density at radius 3 is 2.67 bits per heavy atom. The lowest BCUT2D eigenvalue weighted by Crippen LogP contribution is -2.42. The zero-order valence-electron chi connectivity index (χ0n) is 16.2. The Bertz CT molecular complexity index is 626. The van der Waals surface area contributed by atoms with Crippen molar-refractivity contribution in [2.24, 2.45) is 4.99 Å². The minimum absolute atomic E-state index is 0.0894. The van der Waals surface area contributed by atoms with E-state index < -0.39 is 0 Å². The number of nitrogens with zero attached hydrogens (tertiary/aromatic N) is 1. The number of guanidine groups is 1. The predicted molar refractivity (Wildman–Crippen MR) is 109 cm³/mol. The van der Waals surface area contributed by atoms with Gasteiger partial charge in [0.25, 0.3) is 0 Å². The molecule has 0 saturated carbocycles. The summed E-state index contributed by atoms with van der Waals surface area (Å²) in [5.74, 6) is 2.88. The molecule has 0 heterocycles. The fourth-order valence-corrected chi connectivity index (χ4v) is 2.09. The van der Waals surface area contributed by atoms with Gasteiger partial charge in [0.1, 0.15) is 0 Å². The number of rotatable bonds is 12. The largest absolute Gasteiger partial charge is 0.379 e. The third-order valence-corrected chi connectivity index (χ3v) is 3.51. The van der Waals surface area contributed by atoms with Crippen LogP contribution >= 0.6 is 0 Å². The molecule has 0 unspecified atom stereocenters. The Labute approximate surface area is 161 Å². The van der Waals surface area contributed by atoms with Crippen LogP contribution in [0.2, 0.25) is 0 Å². The summed E-state index contributed by atoms with van der Waals surface area (Å²) in [7, 11) is 1.64. The average molecular weight is 374 g/mol. The van der Waals surface area contributed by atoms with Crippen LogP contribution in [-0.2, 0) is 14.3 Å². The Kier molecular flexibility index (Phi) is 12.2. The van der Waals surface area contributed by atoms with Gasteiger partial charge in [-0.25, -0.2) is 0 Å². The van der Waals surface area contributed by atoms with E-state index in [-0.39, 0.29) is 12.5 Å². The van der Waals surface area contributed by atoms with E-state index in [0.717, 1.165) is 19.4 Å². The van der Waals surface area contributed by atoms with Crippen LogP contribution in [0.3, 0.4) is 0 Å². The van der Waals surface area contributed by atoms with Gasteiger partial charge in [0, 0.05) is 31.5 Å². The van der Waals surface area contributed by atoms with Crippen molar-refractivity contribution >= 4 is 17.6 Å². The maximum atomic E-state index is 12.0. The van der Waals surface area contributed by atoms with E-state index in [4.69, 9.17) is 15.9 Å². The zero-order valence-corrected chi connectivity index (χ0v) is 16.2. The average Bonchev–Trinajstić information content (AvgIpc) is 2.69. The van der Waals surface area contributed by atoms with Gasteiger partial charge in [-0.05, 0) is 24.6 Å². The fraction of sp³-hybridized carbons (Fsp3) is 0.500. The third-order valence-electron chi connectivity index (χ3n) is 3.51. The number of ether oxygens (including phenoxy) is 2. The van der Waals surface area contributed by atoms with Crippen LogP contribution in [-0.4, -0.2) is 58.4 Å². The molecule has 0 aliphatic heterocycles. The molecule has 3 N–H and O–H groups in total. The number of unbranched alkanes of at least 4 members (excludes halogenated alkanes) is 1. The van der Waals surface area contributed by atoms with E-state index in [2.05, 4.69) is 33.8 Å². The van der Waals surface area contributed by atoms with Gasteiger partial charge in [0.05, 0.1) is 26.4 Å². The van der Waals surface area contributed by atoms with E-state index in [1.165, 1.54) is 0 Å². The van der Waals surface area contributed by atoms with Gasteiger partial charge in [-0.15, -0.1) is 6.42 Å². The molecule has 0 saturated heterocycles. The van der Waals surface area contributed by atoms with Crippen molar-refractivity contribution in [3.63, 3.8) is 0 Å². The summed E-state index contributed by atoms with van der Waals surface area (Å²) < 4.78 is 10.9. The molecule has 27 heavy (non-hydrogen) atoms. The van der Waals surface area contributed by atoms with E-state index in [9.17, 15) is 4.79 Å². The van der Waals surface area contributed by atoms with Gasteiger partial charge in [0.2, 0.25) is 5.91 Å². The van der Waals surface area contributed by atoms with Crippen LogP contribution in [0.5, 0.6) is 0 Å². The first-order chi connectivity index (χ1) is 13.2. The van der Waals surface area contributed by atoms with Gasteiger partial charge in [0.15, 0.2) is 5.96 Å². The molecule has 0 aliphatic rings. The molecule has 0 fully saturated rings. The minimum atomic E-state index is -0.187. The highest BCUT2D eigenvalue weighted by Crippen LogP contribution is 2.09. The molecule has 1 amide bonds. The van der Waals surface area contributed by atoms with Crippen LogP contribution in [0.1, 0.15) is 25.3 Å². The summed E-state index contributed by atoms with van der Waals surface area (Å²) in [4.78, 5) is 16.1. The van der Waals surface area contributed by atoms with Crippen LogP contribution < -0.4 is 16.0 Å². The molecule has 1 aromatic rings. The second-order valence-electron chi connectivity index (χ2n) is 5.70. The second kappa shape index (κ2) is 14.6. The molecule has 7 nitrogen and oxygen atoms in total. The molecule has 148 valence electrons. The standard InChI is InChI=1S/C20H30N4O3/c1-4-6-11-26-13-14-27-12-10-22-20(21-3)23-16-19(25)24-18-9-7-8-17(5-2)15-18/h2,7-9,15H,4,6,10-14,16H2,1,3H3,(H,24,25)(H2,21,22,23). The number of carbonyl (C=O) groups is 1. The van der Waals surface area contributed by atoms with Crippen LogP contribution in [0.4, 0.5) is 5.69 Å². The minimum Gasteiger partial charge on any atom is -0.379 e. The highest BCUT2D eigenvalue weighted by atomic mass is 16.5. The van der Waals surface area contributed by atoms with Crippen molar-refractivity contribution in [2.45, 2.75) is 19.8 Å². The second-order valence-corrected chi connectivity index (χ2v) is 5.70. The normalized spacial score (nSPS) is 10.9. The number of hydrogen-bond acceptors (Lipinski definition) is 4. The number of carbonyl (C=O) groups excluding carboxylic acids is 1. The lowest BCUT2D eigenvalue weighted by molar-refractivity contribution is -0.115. The van der Waals surface area contributed by atoms with Crippen molar-refractivity contribution in [1.29, 1.82) is 0 Å². The van der Waals surface area contributed by atoms with Gasteiger partial charge in [-0.2, -0.15) is 0 Å². The molecule has 1 aromatic carbocycles. The lowest BCUT2D eigenvalue weighted by Gasteiger charge is -2.12. The summed E-state index contributed by atoms with van der Waals surface area (Å²) >= 11 is 0. The quantitative estimate of drug-likeness (QED) is 0.224. The zero-order chi connectivity index (χ0) is 19.7. The smallest absolute Gasteiger partial charge is 0.243 e. The van der Waals surface area contributed by atoms with Crippen LogP contribution in [0.25, 0.3) is 0 Å². The summed E-state index contributed by atoms with van der Waals surface area (Å²) in [5.41, 5.74) is 1.38. The lowest BCUT2D eigenvalue weighted by atomic mass is 10.2. The maximum Gasteiger partial charge on any atom is 0.243 e. The van der Waals surface area contributed by atoms with Crippen molar-refractivity contribution in [3.05, 3.63) is 29.8 Å². The van der Waals surface area contributed by atoms with Crippen molar-refractivity contribution < 1.29 is 14.3 Å². The Morgan fingerprint density at radius 2 is 1.96 bits per heavy atom. The first-order valence-corrected chi connectivity index (χ1v) is 9.16. The van der Waals surface area contributed by atoms with E-state index in [1.54, 1.807) is 31.3 Å². The molecule has 0 atom stereocenters. The van der Waals surface area contributed by atoms with Crippen molar-refractivity contribution in [1.82, 2.24) is 10.6 Å². The fourth-order valence-electron chi connectivity index (χ4n) is 2.09. The molecule has 7 heteroatoms. The van der Waals surface area contributed by atoms with Crippen LogP contribution in [0, 0.1) is 12.3 Å².